The van der Waals surface area contributed by atoms with E-state index in [-0.39, 0.29) is 23.9 Å². The highest BCUT2D eigenvalue weighted by Crippen LogP contribution is 2.19. The van der Waals surface area contributed by atoms with Crippen LogP contribution >= 0.6 is 15.9 Å². The number of amides is 1. The minimum Gasteiger partial charge on any atom is -0.337 e. The highest BCUT2D eigenvalue weighted by Gasteiger charge is 2.28. The van der Waals surface area contributed by atoms with Crippen LogP contribution in [0, 0.1) is 5.82 Å². The second-order valence-electron chi connectivity index (χ2n) is 5.90. The summed E-state index contributed by atoms with van der Waals surface area (Å²) in [5, 5.41) is 0. The average Bonchev–Trinajstić information content (AvgIpc) is 2.88. The number of sulfonamides is 1. The summed E-state index contributed by atoms with van der Waals surface area (Å²) in [6.07, 6.45) is 3.61. The van der Waals surface area contributed by atoms with Crippen molar-refractivity contribution in [1.29, 1.82) is 0 Å². The molecule has 0 aliphatic carbocycles. The number of halogens is 2. The molecule has 3 rings (SSSR count). The number of hydrogen-bond acceptors (Lipinski definition) is 4. The van der Waals surface area contributed by atoms with Crippen molar-refractivity contribution in [2.75, 3.05) is 26.2 Å². The van der Waals surface area contributed by atoms with Crippen LogP contribution in [-0.4, -0.2) is 54.7 Å². The summed E-state index contributed by atoms with van der Waals surface area (Å²) in [5.74, 6) is -0.668. The van der Waals surface area contributed by atoms with Crippen LogP contribution in [0.3, 0.4) is 0 Å². The molecule has 1 aliphatic rings. The predicted octanol–water partition coefficient (Wildman–Crippen LogP) is 2.52. The number of rotatable bonds is 3. The fourth-order valence-corrected chi connectivity index (χ4v) is 4.64. The Morgan fingerprint density at radius 3 is 2.50 bits per heavy atom. The Balaban J connectivity index is 1.73. The number of hydrogen-bond donors (Lipinski definition) is 0. The summed E-state index contributed by atoms with van der Waals surface area (Å²) in [6, 6.07) is 6.45. The summed E-state index contributed by atoms with van der Waals surface area (Å²) in [4.78, 5) is 18.3. The first-order chi connectivity index (χ1) is 12.4. The van der Waals surface area contributed by atoms with Crippen LogP contribution in [0.1, 0.15) is 16.8 Å². The fourth-order valence-electron chi connectivity index (χ4n) is 2.80. The van der Waals surface area contributed by atoms with Gasteiger partial charge in [0.15, 0.2) is 0 Å². The van der Waals surface area contributed by atoms with Crippen LogP contribution in [0.25, 0.3) is 0 Å². The summed E-state index contributed by atoms with van der Waals surface area (Å²) in [7, 11) is -3.71. The Labute approximate surface area is 159 Å². The second-order valence-corrected chi connectivity index (χ2v) is 8.75. The zero-order chi connectivity index (χ0) is 18.7. The number of pyridine rings is 1. The standard InChI is InChI=1S/C17H17BrFN3O3S/c18-14-10-13(11-20-12-14)17(23)21-6-1-7-22(9-8-21)26(24,25)16-4-2-15(19)3-5-16/h2-5,10-12H,1,6-9H2. The molecular formula is C17H17BrFN3O3S. The average molecular weight is 442 g/mol. The lowest BCUT2D eigenvalue weighted by Crippen LogP contribution is -2.37. The highest BCUT2D eigenvalue weighted by molar-refractivity contribution is 9.10. The molecule has 0 radical (unpaired) electrons. The van der Waals surface area contributed by atoms with Crippen molar-refractivity contribution in [3.63, 3.8) is 0 Å². The molecule has 1 aromatic carbocycles. The quantitative estimate of drug-likeness (QED) is 0.733. The molecular weight excluding hydrogens is 425 g/mol. The van der Waals surface area contributed by atoms with Gasteiger partial charge in [0.05, 0.1) is 10.5 Å². The van der Waals surface area contributed by atoms with Gasteiger partial charge in [-0.2, -0.15) is 4.31 Å². The molecule has 9 heteroatoms. The Kier molecular flexibility index (Phi) is 5.69. The van der Waals surface area contributed by atoms with Crippen molar-refractivity contribution in [1.82, 2.24) is 14.2 Å². The molecule has 0 saturated carbocycles. The van der Waals surface area contributed by atoms with Gasteiger partial charge in [-0.3, -0.25) is 9.78 Å². The van der Waals surface area contributed by atoms with Gasteiger partial charge in [0.1, 0.15) is 5.82 Å². The molecule has 0 atom stereocenters. The third-order valence-electron chi connectivity index (χ3n) is 4.15. The summed E-state index contributed by atoms with van der Waals surface area (Å²) in [6.45, 7) is 1.24. The maximum atomic E-state index is 13.1. The first-order valence-electron chi connectivity index (χ1n) is 8.03. The van der Waals surface area contributed by atoms with E-state index in [4.69, 9.17) is 0 Å². The molecule has 1 saturated heterocycles. The van der Waals surface area contributed by atoms with Gasteiger partial charge in [0.2, 0.25) is 10.0 Å². The normalized spacial score (nSPS) is 16.3. The topological polar surface area (TPSA) is 70.6 Å². The number of benzene rings is 1. The smallest absolute Gasteiger partial charge is 0.255 e. The molecule has 138 valence electrons. The molecule has 6 nitrogen and oxygen atoms in total. The van der Waals surface area contributed by atoms with Crippen LogP contribution < -0.4 is 0 Å². The number of carbonyl (C=O) groups is 1. The lowest BCUT2D eigenvalue weighted by atomic mass is 10.2. The SMILES string of the molecule is O=C(c1cncc(Br)c1)N1CCCN(S(=O)(=O)c2ccc(F)cc2)CC1. The van der Waals surface area contributed by atoms with E-state index >= 15 is 0 Å². The van der Waals surface area contributed by atoms with E-state index < -0.39 is 15.8 Å². The van der Waals surface area contributed by atoms with E-state index in [0.717, 1.165) is 12.1 Å². The lowest BCUT2D eigenvalue weighted by Gasteiger charge is -2.22. The van der Waals surface area contributed by atoms with E-state index in [1.807, 2.05) is 0 Å². The van der Waals surface area contributed by atoms with E-state index in [0.29, 0.717) is 29.5 Å². The van der Waals surface area contributed by atoms with E-state index in [1.165, 1.54) is 22.6 Å². The van der Waals surface area contributed by atoms with E-state index in [2.05, 4.69) is 20.9 Å². The van der Waals surface area contributed by atoms with Gasteiger partial charge in [-0.05, 0) is 52.7 Å². The third kappa shape index (κ3) is 4.11. The summed E-state index contributed by atoms with van der Waals surface area (Å²) < 4.78 is 40.6. The monoisotopic (exact) mass is 441 g/mol. The second kappa shape index (κ2) is 7.81. The Bertz CT molecular complexity index is 906. The van der Waals surface area contributed by atoms with E-state index in [9.17, 15) is 17.6 Å². The van der Waals surface area contributed by atoms with Crippen molar-refractivity contribution < 1.29 is 17.6 Å². The molecule has 26 heavy (non-hydrogen) atoms. The zero-order valence-corrected chi connectivity index (χ0v) is 16.2. The minimum atomic E-state index is -3.71. The Hall–Kier alpha value is -1.84. The molecule has 0 N–H and O–H groups in total. The summed E-state index contributed by atoms with van der Waals surface area (Å²) in [5.41, 5.74) is 0.453. The first-order valence-corrected chi connectivity index (χ1v) is 10.3. The highest BCUT2D eigenvalue weighted by atomic mass is 79.9. The molecule has 1 amide bonds. The molecule has 1 aliphatic heterocycles. The van der Waals surface area contributed by atoms with Crippen LogP contribution in [0.5, 0.6) is 0 Å². The molecule has 1 fully saturated rings. The van der Waals surface area contributed by atoms with E-state index in [1.54, 1.807) is 17.2 Å². The molecule has 2 aromatic rings. The van der Waals surface area contributed by atoms with Gasteiger partial charge >= 0.3 is 0 Å². The molecule has 0 spiro atoms. The van der Waals surface area contributed by atoms with Crippen molar-refractivity contribution >= 4 is 31.9 Å². The summed E-state index contributed by atoms with van der Waals surface area (Å²) >= 11 is 3.29. The van der Waals surface area contributed by atoms with Crippen LogP contribution in [0.15, 0.2) is 52.1 Å². The zero-order valence-electron chi connectivity index (χ0n) is 13.8. The first kappa shape index (κ1) is 18.9. The van der Waals surface area contributed by atoms with Gasteiger partial charge in [0.25, 0.3) is 5.91 Å². The molecule has 2 heterocycles. The van der Waals surface area contributed by atoms with Crippen LogP contribution in [-0.2, 0) is 10.0 Å². The van der Waals surface area contributed by atoms with Crippen molar-refractivity contribution in [2.45, 2.75) is 11.3 Å². The minimum absolute atomic E-state index is 0.0508. The molecule has 0 unspecified atom stereocenters. The fraction of sp³-hybridized carbons (Fsp3) is 0.294. The van der Waals surface area contributed by atoms with Gasteiger partial charge in [-0.25, -0.2) is 12.8 Å². The predicted molar refractivity (Wildman–Crippen MR) is 97.6 cm³/mol. The van der Waals surface area contributed by atoms with Gasteiger partial charge < -0.3 is 4.90 Å². The van der Waals surface area contributed by atoms with Gasteiger partial charge in [-0.1, -0.05) is 0 Å². The van der Waals surface area contributed by atoms with Gasteiger partial charge in [0, 0.05) is 43.0 Å². The number of aromatic nitrogens is 1. The van der Waals surface area contributed by atoms with Crippen molar-refractivity contribution in [3.05, 3.63) is 58.6 Å². The Morgan fingerprint density at radius 2 is 1.81 bits per heavy atom. The van der Waals surface area contributed by atoms with Gasteiger partial charge in [-0.15, -0.1) is 0 Å². The third-order valence-corrected chi connectivity index (χ3v) is 6.49. The largest absolute Gasteiger partial charge is 0.337 e. The maximum absolute atomic E-state index is 13.1. The Morgan fingerprint density at radius 1 is 1.08 bits per heavy atom. The molecule has 1 aromatic heterocycles. The number of nitrogens with zero attached hydrogens (tertiary/aromatic N) is 3. The molecule has 0 bridgehead atoms. The lowest BCUT2D eigenvalue weighted by molar-refractivity contribution is 0.0763. The van der Waals surface area contributed by atoms with Crippen molar-refractivity contribution in [2.24, 2.45) is 0 Å². The number of carbonyl (C=O) groups excluding carboxylic acids is 1. The van der Waals surface area contributed by atoms with Crippen LogP contribution in [0.4, 0.5) is 4.39 Å². The maximum Gasteiger partial charge on any atom is 0.255 e. The van der Waals surface area contributed by atoms with Crippen molar-refractivity contribution in [3.8, 4) is 0 Å². The van der Waals surface area contributed by atoms with Crippen LogP contribution in [0.2, 0.25) is 0 Å².